The number of halogens is 1. The summed E-state index contributed by atoms with van der Waals surface area (Å²) in [5.41, 5.74) is -0.134. The van der Waals surface area contributed by atoms with Gasteiger partial charge >= 0.3 is 5.97 Å². The topological polar surface area (TPSA) is 110 Å². The molecule has 8 nitrogen and oxygen atoms in total. The summed E-state index contributed by atoms with van der Waals surface area (Å²) in [6.45, 7) is 0.709. The Labute approximate surface area is 118 Å². The minimum Gasteiger partial charge on any atom is -0.476 e. The SMILES string of the molecule is O=C(O)c1cn(CCNc2cc(F)cc([N+](=O)[O-])c2)cn1. The second-order valence-electron chi connectivity index (χ2n) is 4.18. The molecule has 0 radical (unpaired) electrons. The second kappa shape index (κ2) is 5.99. The average Bonchev–Trinajstić information content (AvgIpc) is 2.87. The highest BCUT2D eigenvalue weighted by atomic mass is 19.1. The van der Waals surface area contributed by atoms with E-state index in [2.05, 4.69) is 10.3 Å². The Morgan fingerprint density at radius 2 is 2.24 bits per heavy atom. The first kappa shape index (κ1) is 14.4. The predicted molar refractivity (Wildman–Crippen MR) is 70.7 cm³/mol. The third-order valence-electron chi connectivity index (χ3n) is 2.64. The molecule has 0 amide bonds. The number of benzene rings is 1. The zero-order valence-corrected chi connectivity index (χ0v) is 10.7. The summed E-state index contributed by atoms with van der Waals surface area (Å²) in [6, 6.07) is 3.20. The van der Waals surface area contributed by atoms with Crippen molar-refractivity contribution in [2.24, 2.45) is 0 Å². The van der Waals surface area contributed by atoms with E-state index >= 15 is 0 Å². The van der Waals surface area contributed by atoms with Crippen molar-refractivity contribution >= 4 is 17.3 Å². The third-order valence-corrected chi connectivity index (χ3v) is 2.64. The van der Waals surface area contributed by atoms with Crippen LogP contribution < -0.4 is 5.32 Å². The van der Waals surface area contributed by atoms with Crippen LogP contribution in [-0.2, 0) is 6.54 Å². The minimum absolute atomic E-state index is 0.0728. The van der Waals surface area contributed by atoms with Gasteiger partial charge in [-0.25, -0.2) is 14.2 Å². The molecule has 1 aromatic carbocycles. The molecule has 0 saturated carbocycles. The van der Waals surface area contributed by atoms with E-state index < -0.39 is 16.7 Å². The highest BCUT2D eigenvalue weighted by Gasteiger charge is 2.10. The maximum absolute atomic E-state index is 13.2. The Morgan fingerprint density at radius 3 is 2.86 bits per heavy atom. The Hall–Kier alpha value is -2.97. The predicted octanol–water partition coefficient (Wildman–Crippen LogP) is 1.74. The molecule has 0 fully saturated rings. The Balaban J connectivity index is 1.96. The number of imidazole rings is 1. The van der Waals surface area contributed by atoms with Gasteiger partial charge in [0, 0.05) is 31.0 Å². The van der Waals surface area contributed by atoms with Crippen molar-refractivity contribution in [1.82, 2.24) is 9.55 Å². The summed E-state index contributed by atoms with van der Waals surface area (Å²) >= 11 is 0. The number of nitro benzene ring substituents is 1. The van der Waals surface area contributed by atoms with Gasteiger partial charge in [-0.3, -0.25) is 10.1 Å². The highest BCUT2D eigenvalue weighted by Crippen LogP contribution is 2.19. The average molecular weight is 294 g/mol. The zero-order valence-electron chi connectivity index (χ0n) is 10.7. The van der Waals surface area contributed by atoms with Gasteiger partial charge in [-0.05, 0) is 6.07 Å². The molecule has 9 heteroatoms. The lowest BCUT2D eigenvalue weighted by molar-refractivity contribution is -0.385. The molecule has 0 aliphatic heterocycles. The molecule has 0 bridgehead atoms. The molecule has 0 spiro atoms. The van der Waals surface area contributed by atoms with Crippen LogP contribution in [0.5, 0.6) is 0 Å². The normalized spacial score (nSPS) is 10.3. The summed E-state index contributed by atoms with van der Waals surface area (Å²) in [5, 5.41) is 22.2. The molecule has 0 aliphatic rings. The summed E-state index contributed by atoms with van der Waals surface area (Å²) in [6.07, 6.45) is 2.72. The van der Waals surface area contributed by atoms with Crippen LogP contribution in [0.1, 0.15) is 10.5 Å². The molecular weight excluding hydrogens is 283 g/mol. The highest BCUT2D eigenvalue weighted by molar-refractivity contribution is 5.84. The molecule has 1 aromatic heterocycles. The zero-order chi connectivity index (χ0) is 15.4. The lowest BCUT2D eigenvalue weighted by Gasteiger charge is -2.07. The van der Waals surface area contributed by atoms with Crippen molar-refractivity contribution in [3.05, 3.63) is 52.3 Å². The van der Waals surface area contributed by atoms with Crippen LogP contribution in [0.3, 0.4) is 0 Å². The number of carbonyl (C=O) groups is 1. The van der Waals surface area contributed by atoms with Gasteiger partial charge in [-0.15, -0.1) is 0 Å². The number of aromatic nitrogens is 2. The van der Waals surface area contributed by atoms with Gasteiger partial charge < -0.3 is 15.0 Å². The number of rotatable bonds is 6. The molecule has 2 aromatic rings. The van der Waals surface area contributed by atoms with E-state index in [0.29, 0.717) is 13.1 Å². The van der Waals surface area contributed by atoms with Gasteiger partial charge in [-0.2, -0.15) is 0 Å². The van der Waals surface area contributed by atoms with Gasteiger partial charge in [0.15, 0.2) is 5.69 Å². The number of non-ortho nitro benzene ring substituents is 1. The maximum Gasteiger partial charge on any atom is 0.356 e. The number of nitrogens with one attached hydrogen (secondary N) is 1. The summed E-state index contributed by atoms with van der Waals surface area (Å²) in [7, 11) is 0. The summed E-state index contributed by atoms with van der Waals surface area (Å²) in [5.74, 6) is -1.83. The van der Waals surface area contributed by atoms with Gasteiger partial charge in [0.25, 0.3) is 5.69 Å². The lowest BCUT2D eigenvalue weighted by Crippen LogP contribution is -2.09. The van der Waals surface area contributed by atoms with E-state index in [1.54, 1.807) is 4.57 Å². The van der Waals surface area contributed by atoms with Gasteiger partial charge in [0.2, 0.25) is 0 Å². The Kier molecular flexibility index (Phi) is 4.12. The Bertz CT molecular complexity index is 686. The number of aromatic carboxylic acids is 1. The van der Waals surface area contributed by atoms with Crippen molar-refractivity contribution in [2.45, 2.75) is 6.54 Å². The quantitative estimate of drug-likeness (QED) is 0.620. The molecule has 21 heavy (non-hydrogen) atoms. The van der Waals surface area contributed by atoms with Crippen LogP contribution in [0.15, 0.2) is 30.7 Å². The molecular formula is C12H11FN4O4. The van der Waals surface area contributed by atoms with Crippen molar-refractivity contribution in [1.29, 1.82) is 0 Å². The van der Waals surface area contributed by atoms with E-state index in [1.165, 1.54) is 18.6 Å². The van der Waals surface area contributed by atoms with Crippen LogP contribution in [0.25, 0.3) is 0 Å². The molecule has 110 valence electrons. The monoisotopic (exact) mass is 294 g/mol. The fraction of sp³-hybridized carbons (Fsp3) is 0.167. The number of anilines is 1. The lowest BCUT2D eigenvalue weighted by atomic mass is 10.2. The largest absolute Gasteiger partial charge is 0.476 e. The first-order valence-corrected chi connectivity index (χ1v) is 5.89. The van der Waals surface area contributed by atoms with Crippen molar-refractivity contribution in [3.8, 4) is 0 Å². The fourth-order valence-electron chi connectivity index (χ4n) is 1.70. The van der Waals surface area contributed by atoms with Gasteiger partial charge in [0.05, 0.1) is 17.3 Å². The molecule has 0 aliphatic carbocycles. The van der Waals surface area contributed by atoms with Crippen LogP contribution >= 0.6 is 0 Å². The van der Waals surface area contributed by atoms with Gasteiger partial charge in [0.1, 0.15) is 5.82 Å². The van der Waals surface area contributed by atoms with E-state index in [1.807, 2.05) is 0 Å². The number of nitrogens with zero attached hydrogens (tertiary/aromatic N) is 3. The number of hydrogen-bond donors (Lipinski definition) is 2. The smallest absolute Gasteiger partial charge is 0.356 e. The fourth-order valence-corrected chi connectivity index (χ4v) is 1.70. The first-order valence-electron chi connectivity index (χ1n) is 5.89. The Morgan fingerprint density at radius 1 is 1.48 bits per heavy atom. The van der Waals surface area contributed by atoms with Crippen LogP contribution in [0.4, 0.5) is 15.8 Å². The van der Waals surface area contributed by atoms with Crippen molar-refractivity contribution in [3.63, 3.8) is 0 Å². The summed E-state index contributed by atoms with van der Waals surface area (Å²) in [4.78, 5) is 24.3. The maximum atomic E-state index is 13.2. The van der Waals surface area contributed by atoms with Crippen molar-refractivity contribution in [2.75, 3.05) is 11.9 Å². The minimum atomic E-state index is -1.12. The number of nitro groups is 1. The van der Waals surface area contributed by atoms with Crippen LogP contribution in [-0.4, -0.2) is 32.1 Å². The van der Waals surface area contributed by atoms with E-state index in [-0.39, 0.29) is 17.1 Å². The van der Waals surface area contributed by atoms with Crippen LogP contribution in [0.2, 0.25) is 0 Å². The number of carboxylic acid groups (broad SMARTS) is 1. The molecule has 0 saturated heterocycles. The second-order valence-corrected chi connectivity index (χ2v) is 4.18. The van der Waals surface area contributed by atoms with E-state index in [4.69, 9.17) is 5.11 Å². The van der Waals surface area contributed by atoms with Gasteiger partial charge in [-0.1, -0.05) is 0 Å². The van der Waals surface area contributed by atoms with E-state index in [0.717, 1.165) is 12.1 Å². The number of hydrogen-bond acceptors (Lipinski definition) is 5. The third kappa shape index (κ3) is 3.75. The van der Waals surface area contributed by atoms with Crippen LogP contribution in [0, 0.1) is 15.9 Å². The standard InChI is InChI=1S/C12H11FN4O4/c13-8-3-9(5-10(4-8)17(20)21)14-1-2-16-6-11(12(18)19)15-7-16/h3-7,14H,1-2H2,(H,18,19). The molecule has 2 N–H and O–H groups in total. The summed E-state index contributed by atoms with van der Waals surface area (Å²) < 4.78 is 14.8. The molecule has 0 unspecified atom stereocenters. The van der Waals surface area contributed by atoms with E-state index in [9.17, 15) is 19.3 Å². The molecule has 0 atom stereocenters. The molecule has 2 rings (SSSR count). The first-order chi connectivity index (χ1) is 9.95. The van der Waals surface area contributed by atoms with Crippen molar-refractivity contribution < 1.29 is 19.2 Å². The number of carboxylic acids is 1. The molecule has 1 heterocycles.